The van der Waals surface area contributed by atoms with E-state index >= 15 is 0 Å². The van der Waals surface area contributed by atoms with Crippen LogP contribution in [0.15, 0.2) is 60.3 Å². The van der Waals surface area contributed by atoms with Gasteiger partial charge in [-0.1, -0.05) is 24.3 Å². The predicted molar refractivity (Wildman–Crippen MR) is 91.9 cm³/mol. The van der Waals surface area contributed by atoms with Gasteiger partial charge in [-0.2, -0.15) is 0 Å². The molecule has 6 nitrogen and oxygen atoms in total. The summed E-state index contributed by atoms with van der Waals surface area (Å²) in [6.45, 7) is 0. The molecule has 0 aliphatic carbocycles. The van der Waals surface area contributed by atoms with E-state index in [9.17, 15) is 14.0 Å². The summed E-state index contributed by atoms with van der Waals surface area (Å²) in [6.07, 6.45) is 0.978. The summed E-state index contributed by atoms with van der Waals surface area (Å²) in [5.74, 6) is -1.88. The summed E-state index contributed by atoms with van der Waals surface area (Å²) in [4.78, 5) is 23.3. The van der Waals surface area contributed by atoms with E-state index in [0.717, 1.165) is 6.08 Å². The first-order valence-electron chi connectivity index (χ1n) is 7.30. The second-order valence-corrected chi connectivity index (χ2v) is 4.85. The SMILES string of the molecule is COC(=O)/C=C(/Nc1ccccc1Nc1ccccc1F)C(=O)OC. The summed E-state index contributed by atoms with van der Waals surface area (Å²) < 4.78 is 23.0. The zero-order valence-corrected chi connectivity index (χ0v) is 13.7. The van der Waals surface area contributed by atoms with Gasteiger partial charge in [-0.15, -0.1) is 0 Å². The van der Waals surface area contributed by atoms with E-state index in [1.165, 1.54) is 20.3 Å². The number of carbonyl (C=O) groups excluding carboxylic acids is 2. The van der Waals surface area contributed by atoms with E-state index in [-0.39, 0.29) is 11.4 Å². The summed E-state index contributed by atoms with van der Waals surface area (Å²) in [5, 5.41) is 5.74. The minimum atomic E-state index is -0.744. The highest BCUT2D eigenvalue weighted by Gasteiger charge is 2.15. The number of methoxy groups -OCH3 is 2. The normalized spacial score (nSPS) is 10.8. The number of nitrogens with one attached hydrogen (secondary N) is 2. The van der Waals surface area contributed by atoms with Crippen molar-refractivity contribution >= 4 is 29.0 Å². The number of anilines is 3. The number of ether oxygens (including phenoxy) is 2. The number of rotatable bonds is 6. The van der Waals surface area contributed by atoms with Crippen molar-refractivity contribution in [3.05, 3.63) is 66.1 Å². The molecule has 0 saturated carbocycles. The zero-order valence-electron chi connectivity index (χ0n) is 13.7. The predicted octanol–water partition coefficient (Wildman–Crippen LogP) is 3.21. The van der Waals surface area contributed by atoms with E-state index in [4.69, 9.17) is 0 Å². The Morgan fingerprint density at radius 2 is 1.52 bits per heavy atom. The third kappa shape index (κ3) is 4.81. The molecule has 0 fully saturated rings. The van der Waals surface area contributed by atoms with Gasteiger partial charge in [-0.25, -0.2) is 14.0 Å². The molecule has 0 aromatic heterocycles. The molecule has 0 unspecified atom stereocenters. The summed E-state index contributed by atoms with van der Waals surface area (Å²) in [7, 11) is 2.39. The fourth-order valence-corrected chi connectivity index (χ4v) is 1.99. The van der Waals surface area contributed by atoms with E-state index in [0.29, 0.717) is 11.4 Å². The summed E-state index contributed by atoms with van der Waals surface area (Å²) >= 11 is 0. The number of halogens is 1. The maximum absolute atomic E-state index is 13.8. The lowest BCUT2D eigenvalue weighted by molar-refractivity contribution is -0.138. The van der Waals surface area contributed by atoms with Crippen molar-refractivity contribution in [1.82, 2.24) is 0 Å². The van der Waals surface area contributed by atoms with Crippen LogP contribution in [0.1, 0.15) is 0 Å². The van der Waals surface area contributed by atoms with E-state index in [2.05, 4.69) is 20.1 Å². The molecule has 0 aliphatic heterocycles. The van der Waals surface area contributed by atoms with Gasteiger partial charge in [-0.05, 0) is 24.3 Å². The highest BCUT2D eigenvalue weighted by atomic mass is 19.1. The van der Waals surface area contributed by atoms with Gasteiger partial charge < -0.3 is 20.1 Å². The molecule has 25 heavy (non-hydrogen) atoms. The lowest BCUT2D eigenvalue weighted by atomic mass is 10.2. The monoisotopic (exact) mass is 344 g/mol. The Kier molecular flexibility index (Phi) is 6.11. The molecular weight excluding hydrogens is 327 g/mol. The van der Waals surface area contributed by atoms with Crippen molar-refractivity contribution in [2.75, 3.05) is 24.9 Å². The summed E-state index contributed by atoms with van der Waals surface area (Å²) in [6, 6.07) is 13.0. The van der Waals surface area contributed by atoms with Gasteiger partial charge in [0.15, 0.2) is 0 Å². The number of hydrogen-bond acceptors (Lipinski definition) is 6. The Balaban J connectivity index is 2.33. The Morgan fingerprint density at radius 1 is 0.920 bits per heavy atom. The highest BCUT2D eigenvalue weighted by Crippen LogP contribution is 2.27. The molecule has 2 aromatic rings. The molecule has 0 atom stereocenters. The molecule has 130 valence electrons. The molecule has 0 bridgehead atoms. The standard InChI is InChI=1S/C18H17FN2O4/c1-24-17(22)11-16(18(23)25-2)21-15-10-6-5-9-14(15)20-13-8-4-3-7-12(13)19/h3-11,20-21H,1-2H3/b16-11+. The van der Waals surface area contributed by atoms with Crippen molar-refractivity contribution in [2.24, 2.45) is 0 Å². The van der Waals surface area contributed by atoms with Crippen molar-refractivity contribution in [2.45, 2.75) is 0 Å². The average Bonchev–Trinajstić information content (AvgIpc) is 2.63. The highest BCUT2D eigenvalue weighted by molar-refractivity contribution is 5.99. The zero-order chi connectivity index (χ0) is 18.2. The lowest BCUT2D eigenvalue weighted by Crippen LogP contribution is -2.16. The average molecular weight is 344 g/mol. The number of para-hydroxylation sites is 3. The molecule has 2 aromatic carbocycles. The van der Waals surface area contributed by atoms with Crippen LogP contribution in [0.4, 0.5) is 21.5 Å². The summed E-state index contributed by atoms with van der Waals surface area (Å²) in [5.41, 5.74) is 1.11. The quantitative estimate of drug-likeness (QED) is 0.619. The van der Waals surface area contributed by atoms with Gasteiger partial charge in [0.2, 0.25) is 0 Å². The number of hydrogen-bond donors (Lipinski definition) is 2. The van der Waals surface area contributed by atoms with Crippen LogP contribution in [0.5, 0.6) is 0 Å². The molecule has 7 heteroatoms. The third-order valence-corrected chi connectivity index (χ3v) is 3.21. The van der Waals surface area contributed by atoms with Crippen LogP contribution in [0.3, 0.4) is 0 Å². The van der Waals surface area contributed by atoms with Crippen molar-refractivity contribution in [3.63, 3.8) is 0 Å². The van der Waals surface area contributed by atoms with Gasteiger partial charge in [0.1, 0.15) is 11.5 Å². The first kappa shape index (κ1) is 18.0. The van der Waals surface area contributed by atoms with Gasteiger partial charge in [0.25, 0.3) is 0 Å². The maximum atomic E-state index is 13.8. The number of esters is 2. The Hall–Kier alpha value is -3.35. The number of carbonyl (C=O) groups is 2. The van der Waals surface area contributed by atoms with E-state index in [1.54, 1.807) is 42.5 Å². The molecule has 0 saturated heterocycles. The van der Waals surface area contributed by atoms with Crippen molar-refractivity contribution in [1.29, 1.82) is 0 Å². The van der Waals surface area contributed by atoms with Gasteiger partial charge in [0.05, 0.1) is 37.4 Å². The second kappa shape index (κ2) is 8.49. The van der Waals surface area contributed by atoms with E-state index in [1.807, 2.05) is 0 Å². The smallest absolute Gasteiger partial charge is 0.354 e. The molecule has 2 rings (SSSR count). The van der Waals surface area contributed by atoms with Crippen LogP contribution in [0, 0.1) is 5.82 Å². The second-order valence-electron chi connectivity index (χ2n) is 4.85. The third-order valence-electron chi connectivity index (χ3n) is 3.21. The van der Waals surface area contributed by atoms with Crippen LogP contribution in [0.25, 0.3) is 0 Å². The van der Waals surface area contributed by atoms with Crippen molar-refractivity contribution in [3.8, 4) is 0 Å². The molecule has 0 spiro atoms. The maximum Gasteiger partial charge on any atom is 0.354 e. The van der Waals surface area contributed by atoms with Crippen LogP contribution >= 0.6 is 0 Å². The van der Waals surface area contributed by atoms with Gasteiger partial charge in [-0.3, -0.25) is 0 Å². The van der Waals surface area contributed by atoms with Crippen LogP contribution in [-0.2, 0) is 19.1 Å². The first-order valence-corrected chi connectivity index (χ1v) is 7.30. The van der Waals surface area contributed by atoms with Gasteiger partial charge >= 0.3 is 11.9 Å². The van der Waals surface area contributed by atoms with Crippen LogP contribution in [0.2, 0.25) is 0 Å². The van der Waals surface area contributed by atoms with Gasteiger partial charge in [0, 0.05) is 0 Å². The Morgan fingerprint density at radius 3 is 2.12 bits per heavy atom. The topological polar surface area (TPSA) is 76.7 Å². The first-order chi connectivity index (χ1) is 12.0. The minimum absolute atomic E-state index is 0.114. The van der Waals surface area contributed by atoms with Crippen molar-refractivity contribution < 1.29 is 23.5 Å². The lowest BCUT2D eigenvalue weighted by Gasteiger charge is -2.15. The minimum Gasteiger partial charge on any atom is -0.466 e. The Labute approximate surface area is 144 Å². The molecule has 0 radical (unpaired) electrons. The Bertz CT molecular complexity index is 805. The molecule has 0 heterocycles. The fraction of sp³-hybridized carbons (Fsp3) is 0.111. The molecule has 2 N–H and O–H groups in total. The molecule has 0 amide bonds. The fourth-order valence-electron chi connectivity index (χ4n) is 1.99. The van der Waals surface area contributed by atoms with E-state index < -0.39 is 17.8 Å². The molecular formula is C18H17FN2O4. The largest absolute Gasteiger partial charge is 0.466 e. The van der Waals surface area contributed by atoms with Crippen LogP contribution < -0.4 is 10.6 Å². The number of benzene rings is 2. The van der Waals surface area contributed by atoms with Crippen LogP contribution in [-0.4, -0.2) is 26.2 Å². The molecule has 0 aliphatic rings.